The highest BCUT2D eigenvalue weighted by Crippen LogP contribution is 2.27. The molecule has 0 aliphatic carbocycles. The van der Waals surface area contributed by atoms with Gasteiger partial charge < -0.3 is 14.4 Å². The standard InChI is InChI=1S/C26H25Cl2N3O4/c1-2-34-22-11-7-21(8-12-22)31-15-18(13-25(31)32)26(33)30-29-20-5-9-23(10-6-20)35-16-17-3-4-19(27)14-24(17)28/h3-12,14,18,29H,2,13,15-16H2,1H3,(H,30,33)/t18-/m1/s1. The van der Waals surface area contributed by atoms with Crippen LogP contribution >= 0.6 is 23.2 Å². The minimum Gasteiger partial charge on any atom is -0.494 e. The molecule has 1 atom stereocenters. The topological polar surface area (TPSA) is 79.9 Å². The van der Waals surface area contributed by atoms with Crippen LogP contribution in [0.4, 0.5) is 11.4 Å². The van der Waals surface area contributed by atoms with Crippen molar-refractivity contribution in [2.75, 3.05) is 23.5 Å². The maximum absolute atomic E-state index is 12.6. The first kappa shape index (κ1) is 24.7. The van der Waals surface area contributed by atoms with Gasteiger partial charge >= 0.3 is 0 Å². The van der Waals surface area contributed by atoms with Gasteiger partial charge in [-0.3, -0.25) is 20.4 Å². The minimum atomic E-state index is -0.451. The molecule has 1 aliphatic rings. The van der Waals surface area contributed by atoms with E-state index in [0.717, 1.165) is 17.0 Å². The third-order valence-corrected chi connectivity index (χ3v) is 6.14. The van der Waals surface area contributed by atoms with Crippen molar-refractivity contribution in [3.63, 3.8) is 0 Å². The number of anilines is 2. The Labute approximate surface area is 213 Å². The number of nitrogens with zero attached hydrogens (tertiary/aromatic N) is 1. The SMILES string of the molecule is CCOc1ccc(N2C[C@H](C(=O)NNc3ccc(OCc4ccc(Cl)cc4Cl)cc3)CC2=O)cc1. The van der Waals surface area contributed by atoms with E-state index in [0.29, 0.717) is 41.2 Å². The number of rotatable bonds is 9. The lowest BCUT2D eigenvalue weighted by molar-refractivity contribution is -0.125. The molecular formula is C26H25Cl2N3O4. The molecule has 4 rings (SSSR count). The Balaban J connectivity index is 1.26. The highest BCUT2D eigenvalue weighted by atomic mass is 35.5. The summed E-state index contributed by atoms with van der Waals surface area (Å²) < 4.78 is 11.2. The van der Waals surface area contributed by atoms with Crippen LogP contribution in [0, 0.1) is 5.92 Å². The Morgan fingerprint density at radius 2 is 1.69 bits per heavy atom. The van der Waals surface area contributed by atoms with Crippen LogP contribution in [0.15, 0.2) is 66.7 Å². The Morgan fingerprint density at radius 3 is 2.37 bits per heavy atom. The molecule has 3 aromatic carbocycles. The number of ether oxygens (including phenoxy) is 2. The summed E-state index contributed by atoms with van der Waals surface area (Å²) in [5.74, 6) is 0.612. The van der Waals surface area contributed by atoms with E-state index in [1.54, 1.807) is 41.3 Å². The molecule has 35 heavy (non-hydrogen) atoms. The molecule has 1 saturated heterocycles. The van der Waals surface area contributed by atoms with Crippen molar-refractivity contribution in [1.29, 1.82) is 0 Å². The van der Waals surface area contributed by atoms with Crippen LogP contribution in [0.3, 0.4) is 0 Å². The summed E-state index contributed by atoms with van der Waals surface area (Å²) in [7, 11) is 0. The maximum Gasteiger partial charge on any atom is 0.243 e. The van der Waals surface area contributed by atoms with Gasteiger partial charge in [-0.1, -0.05) is 29.3 Å². The minimum absolute atomic E-state index is 0.0865. The monoisotopic (exact) mass is 513 g/mol. The van der Waals surface area contributed by atoms with Crippen LogP contribution in [0.25, 0.3) is 0 Å². The van der Waals surface area contributed by atoms with Crippen molar-refractivity contribution in [3.8, 4) is 11.5 Å². The number of hydrogen-bond acceptors (Lipinski definition) is 5. The third-order valence-electron chi connectivity index (χ3n) is 5.55. The van der Waals surface area contributed by atoms with Gasteiger partial charge in [-0.05, 0) is 67.6 Å². The van der Waals surface area contributed by atoms with Gasteiger partial charge in [-0.15, -0.1) is 0 Å². The Kier molecular flexibility index (Phi) is 8.00. The molecule has 1 heterocycles. The van der Waals surface area contributed by atoms with E-state index in [-0.39, 0.29) is 18.2 Å². The zero-order valence-corrected chi connectivity index (χ0v) is 20.6. The van der Waals surface area contributed by atoms with Gasteiger partial charge in [0.1, 0.15) is 18.1 Å². The molecule has 1 aliphatic heterocycles. The second-order valence-electron chi connectivity index (χ2n) is 8.00. The van der Waals surface area contributed by atoms with Crippen LogP contribution in [-0.2, 0) is 16.2 Å². The van der Waals surface area contributed by atoms with Crippen molar-refractivity contribution in [1.82, 2.24) is 5.43 Å². The fourth-order valence-corrected chi connectivity index (χ4v) is 4.15. The van der Waals surface area contributed by atoms with Crippen molar-refractivity contribution in [2.45, 2.75) is 20.0 Å². The fourth-order valence-electron chi connectivity index (χ4n) is 3.69. The number of halogens is 2. The average molecular weight is 514 g/mol. The van der Waals surface area contributed by atoms with Gasteiger partial charge in [0, 0.05) is 34.3 Å². The van der Waals surface area contributed by atoms with Crippen LogP contribution in [0.1, 0.15) is 18.9 Å². The normalized spacial score (nSPS) is 15.1. The summed E-state index contributed by atoms with van der Waals surface area (Å²) in [6, 6.07) is 19.7. The summed E-state index contributed by atoms with van der Waals surface area (Å²) >= 11 is 12.1. The van der Waals surface area contributed by atoms with Crippen molar-refractivity contribution in [2.24, 2.45) is 5.92 Å². The van der Waals surface area contributed by atoms with Crippen molar-refractivity contribution >= 4 is 46.4 Å². The molecule has 0 unspecified atom stereocenters. The van der Waals surface area contributed by atoms with Crippen LogP contribution in [0.2, 0.25) is 10.0 Å². The van der Waals surface area contributed by atoms with E-state index < -0.39 is 5.92 Å². The average Bonchev–Trinajstić information content (AvgIpc) is 3.25. The number of nitrogens with one attached hydrogen (secondary N) is 2. The van der Waals surface area contributed by atoms with Crippen LogP contribution < -0.4 is 25.2 Å². The summed E-state index contributed by atoms with van der Waals surface area (Å²) in [4.78, 5) is 26.7. The first-order chi connectivity index (χ1) is 16.9. The zero-order valence-electron chi connectivity index (χ0n) is 19.1. The third kappa shape index (κ3) is 6.38. The highest BCUT2D eigenvalue weighted by molar-refractivity contribution is 6.35. The number of carbonyl (C=O) groups excluding carboxylic acids is 2. The number of carbonyl (C=O) groups is 2. The first-order valence-corrected chi connectivity index (χ1v) is 11.9. The van der Waals surface area contributed by atoms with Crippen LogP contribution in [0.5, 0.6) is 11.5 Å². The van der Waals surface area contributed by atoms with Crippen LogP contribution in [-0.4, -0.2) is 25.0 Å². The van der Waals surface area contributed by atoms with E-state index >= 15 is 0 Å². The number of amides is 2. The lowest BCUT2D eigenvalue weighted by Gasteiger charge is -2.17. The lowest BCUT2D eigenvalue weighted by atomic mass is 10.1. The predicted octanol–water partition coefficient (Wildman–Crippen LogP) is 5.47. The van der Waals surface area contributed by atoms with Gasteiger partial charge in [0.25, 0.3) is 0 Å². The molecule has 0 bridgehead atoms. The smallest absolute Gasteiger partial charge is 0.243 e. The molecule has 7 nitrogen and oxygen atoms in total. The van der Waals surface area contributed by atoms with Gasteiger partial charge in [0.2, 0.25) is 11.8 Å². The van der Waals surface area contributed by atoms with E-state index in [1.165, 1.54) is 0 Å². The first-order valence-electron chi connectivity index (χ1n) is 11.2. The molecule has 0 spiro atoms. The Hall–Kier alpha value is -3.42. The molecule has 182 valence electrons. The lowest BCUT2D eigenvalue weighted by Crippen LogP contribution is -2.36. The summed E-state index contributed by atoms with van der Waals surface area (Å²) in [6.45, 7) is 3.11. The molecule has 3 aromatic rings. The van der Waals surface area contributed by atoms with E-state index in [1.807, 2.05) is 37.3 Å². The van der Waals surface area contributed by atoms with E-state index in [2.05, 4.69) is 10.9 Å². The number of benzene rings is 3. The second-order valence-corrected chi connectivity index (χ2v) is 8.84. The predicted molar refractivity (Wildman–Crippen MR) is 137 cm³/mol. The van der Waals surface area contributed by atoms with Crippen molar-refractivity contribution < 1.29 is 19.1 Å². The number of hydrazine groups is 1. The maximum atomic E-state index is 12.6. The molecule has 0 radical (unpaired) electrons. The van der Waals surface area contributed by atoms with E-state index in [9.17, 15) is 9.59 Å². The molecule has 0 aromatic heterocycles. The molecule has 2 N–H and O–H groups in total. The number of hydrogen-bond donors (Lipinski definition) is 2. The Morgan fingerprint density at radius 1 is 1.00 bits per heavy atom. The quantitative estimate of drug-likeness (QED) is 0.371. The summed E-state index contributed by atoms with van der Waals surface area (Å²) in [5.41, 5.74) is 7.84. The van der Waals surface area contributed by atoms with Gasteiger partial charge in [-0.2, -0.15) is 0 Å². The van der Waals surface area contributed by atoms with Gasteiger partial charge in [0.15, 0.2) is 0 Å². The molecular weight excluding hydrogens is 489 g/mol. The molecule has 0 saturated carbocycles. The van der Waals surface area contributed by atoms with Gasteiger partial charge in [-0.25, -0.2) is 0 Å². The molecule has 1 fully saturated rings. The highest BCUT2D eigenvalue weighted by Gasteiger charge is 2.35. The van der Waals surface area contributed by atoms with Gasteiger partial charge in [0.05, 0.1) is 18.2 Å². The van der Waals surface area contributed by atoms with Crippen molar-refractivity contribution in [3.05, 3.63) is 82.3 Å². The largest absolute Gasteiger partial charge is 0.494 e. The fraction of sp³-hybridized carbons (Fsp3) is 0.231. The molecule has 2 amide bonds. The summed E-state index contributed by atoms with van der Waals surface area (Å²) in [5, 5.41) is 1.12. The zero-order chi connectivity index (χ0) is 24.8. The van der Waals surface area contributed by atoms with E-state index in [4.69, 9.17) is 32.7 Å². The summed E-state index contributed by atoms with van der Waals surface area (Å²) in [6.07, 6.45) is 0.154. The second kappa shape index (κ2) is 11.3. The molecule has 9 heteroatoms. The Bertz CT molecular complexity index is 1190.